The Morgan fingerprint density at radius 2 is 2.25 bits per heavy atom. The maximum Gasteiger partial charge on any atom is 0.305 e. The van der Waals surface area contributed by atoms with Crippen molar-refractivity contribution < 1.29 is 14.7 Å². The maximum atomic E-state index is 11.8. The molecule has 7 heteroatoms. The van der Waals surface area contributed by atoms with E-state index in [2.05, 4.69) is 5.32 Å². The third-order valence-corrected chi connectivity index (χ3v) is 4.92. The van der Waals surface area contributed by atoms with Gasteiger partial charge < -0.3 is 10.4 Å². The van der Waals surface area contributed by atoms with Crippen LogP contribution in [0.3, 0.4) is 0 Å². The Bertz CT molecular complexity index is 451. The summed E-state index contributed by atoms with van der Waals surface area (Å²) in [6, 6.07) is 3.51. The van der Waals surface area contributed by atoms with Crippen molar-refractivity contribution in [2.24, 2.45) is 0 Å². The minimum atomic E-state index is -0.885. The van der Waals surface area contributed by atoms with Crippen molar-refractivity contribution in [3.63, 3.8) is 0 Å². The molecular formula is C13H18ClNO3S2. The highest BCUT2D eigenvalue weighted by molar-refractivity contribution is 7.99. The van der Waals surface area contributed by atoms with Crippen LogP contribution in [0.25, 0.3) is 0 Å². The van der Waals surface area contributed by atoms with E-state index in [4.69, 9.17) is 16.7 Å². The van der Waals surface area contributed by atoms with Crippen molar-refractivity contribution in [2.45, 2.75) is 38.0 Å². The van der Waals surface area contributed by atoms with Crippen LogP contribution in [-0.4, -0.2) is 28.8 Å². The Morgan fingerprint density at radius 1 is 1.50 bits per heavy atom. The molecule has 1 aromatic rings. The molecule has 1 heterocycles. The van der Waals surface area contributed by atoms with Crippen molar-refractivity contribution in [2.75, 3.05) is 5.75 Å². The van der Waals surface area contributed by atoms with Gasteiger partial charge in [0.15, 0.2) is 0 Å². The maximum absolute atomic E-state index is 11.8. The number of carboxylic acids is 1. The fourth-order valence-electron chi connectivity index (χ4n) is 1.73. The van der Waals surface area contributed by atoms with Gasteiger partial charge in [0.1, 0.15) is 0 Å². The number of thiophene rings is 1. The molecule has 20 heavy (non-hydrogen) atoms. The van der Waals surface area contributed by atoms with Gasteiger partial charge in [-0.15, -0.1) is 23.1 Å². The normalized spacial score (nSPS) is 12.1. The highest BCUT2D eigenvalue weighted by Gasteiger charge is 2.15. The van der Waals surface area contributed by atoms with Crippen molar-refractivity contribution in [3.05, 3.63) is 21.3 Å². The number of carboxylic acid groups (broad SMARTS) is 1. The Morgan fingerprint density at radius 3 is 2.80 bits per heavy atom. The largest absolute Gasteiger partial charge is 0.481 e. The van der Waals surface area contributed by atoms with Gasteiger partial charge in [0.2, 0.25) is 5.91 Å². The van der Waals surface area contributed by atoms with Crippen LogP contribution < -0.4 is 5.32 Å². The fourth-order valence-corrected chi connectivity index (χ4v) is 3.76. The van der Waals surface area contributed by atoms with Crippen LogP contribution in [0.1, 0.15) is 31.1 Å². The highest BCUT2D eigenvalue weighted by atomic mass is 35.5. The molecule has 0 radical (unpaired) electrons. The second kappa shape index (κ2) is 9.26. The van der Waals surface area contributed by atoms with Crippen LogP contribution >= 0.6 is 34.7 Å². The van der Waals surface area contributed by atoms with E-state index in [1.54, 1.807) is 0 Å². The first-order valence-corrected chi connectivity index (χ1v) is 8.69. The van der Waals surface area contributed by atoms with E-state index in [-0.39, 0.29) is 18.4 Å². The molecule has 0 aliphatic carbocycles. The number of thioether (sulfide) groups is 1. The van der Waals surface area contributed by atoms with Gasteiger partial charge in [0, 0.05) is 16.7 Å². The Kier molecular flexibility index (Phi) is 8.02. The highest BCUT2D eigenvalue weighted by Crippen LogP contribution is 2.25. The van der Waals surface area contributed by atoms with E-state index >= 15 is 0 Å². The van der Waals surface area contributed by atoms with E-state index in [1.807, 2.05) is 19.1 Å². The molecule has 112 valence electrons. The van der Waals surface area contributed by atoms with Crippen molar-refractivity contribution in [1.82, 2.24) is 5.32 Å². The van der Waals surface area contributed by atoms with Crippen molar-refractivity contribution in [1.29, 1.82) is 0 Å². The summed E-state index contributed by atoms with van der Waals surface area (Å²) in [4.78, 5) is 23.6. The molecule has 1 amide bonds. The minimum Gasteiger partial charge on any atom is -0.481 e. The lowest BCUT2D eigenvalue weighted by Crippen LogP contribution is -2.37. The zero-order valence-corrected chi connectivity index (χ0v) is 13.6. The van der Waals surface area contributed by atoms with Crippen LogP contribution in [0.2, 0.25) is 4.34 Å². The number of rotatable bonds is 9. The standard InChI is InChI=1S/C13H18ClNO3S2/c1-2-3-9(6-13(17)18)15-12(16)8-19-7-10-4-5-11(14)20-10/h4-5,9H,2-3,6-8H2,1H3,(H,15,16)(H,17,18). The van der Waals surface area contributed by atoms with Crippen molar-refractivity contribution in [3.8, 4) is 0 Å². The molecule has 0 bridgehead atoms. The van der Waals surface area contributed by atoms with Gasteiger partial charge in [-0.05, 0) is 18.6 Å². The molecule has 0 fully saturated rings. The lowest BCUT2D eigenvalue weighted by atomic mass is 10.1. The summed E-state index contributed by atoms with van der Waals surface area (Å²) in [5.41, 5.74) is 0. The fraction of sp³-hybridized carbons (Fsp3) is 0.538. The van der Waals surface area contributed by atoms with E-state index in [0.717, 1.165) is 21.4 Å². The number of carbonyl (C=O) groups excluding carboxylic acids is 1. The molecule has 0 spiro atoms. The van der Waals surface area contributed by atoms with Crippen LogP contribution in [0.4, 0.5) is 0 Å². The molecule has 0 aromatic carbocycles. The Balaban J connectivity index is 2.28. The van der Waals surface area contributed by atoms with Gasteiger partial charge >= 0.3 is 5.97 Å². The van der Waals surface area contributed by atoms with Gasteiger partial charge in [-0.2, -0.15) is 0 Å². The molecule has 1 atom stereocenters. The Labute approximate surface area is 131 Å². The second-order valence-corrected chi connectivity index (χ2v) is 7.13. The van der Waals surface area contributed by atoms with Gasteiger partial charge in [-0.1, -0.05) is 24.9 Å². The van der Waals surface area contributed by atoms with E-state index in [1.165, 1.54) is 23.1 Å². The molecular weight excluding hydrogens is 318 g/mol. The molecule has 0 aliphatic heterocycles. The summed E-state index contributed by atoms with van der Waals surface area (Å²) >= 11 is 8.83. The SMILES string of the molecule is CCCC(CC(=O)O)NC(=O)CSCc1ccc(Cl)s1. The lowest BCUT2D eigenvalue weighted by molar-refractivity contribution is -0.137. The summed E-state index contributed by atoms with van der Waals surface area (Å²) in [6.45, 7) is 1.97. The van der Waals surface area contributed by atoms with Crippen LogP contribution in [0, 0.1) is 0 Å². The number of carbonyl (C=O) groups is 2. The summed E-state index contributed by atoms with van der Waals surface area (Å²) in [5.74, 6) is 0.0688. The number of hydrogen-bond acceptors (Lipinski definition) is 4. The first-order chi connectivity index (χ1) is 9.51. The Hall–Kier alpha value is -0.720. The first-order valence-electron chi connectivity index (χ1n) is 6.34. The van der Waals surface area contributed by atoms with E-state index in [0.29, 0.717) is 12.2 Å². The summed E-state index contributed by atoms with van der Waals surface area (Å²) in [7, 11) is 0. The predicted molar refractivity (Wildman–Crippen MR) is 84.6 cm³/mol. The zero-order valence-electron chi connectivity index (χ0n) is 11.2. The lowest BCUT2D eigenvalue weighted by Gasteiger charge is -2.15. The third kappa shape index (κ3) is 7.17. The van der Waals surface area contributed by atoms with Gasteiger partial charge in [0.25, 0.3) is 0 Å². The van der Waals surface area contributed by atoms with Gasteiger partial charge in [0.05, 0.1) is 16.5 Å². The molecule has 2 N–H and O–H groups in total. The van der Waals surface area contributed by atoms with Gasteiger partial charge in [-0.3, -0.25) is 9.59 Å². The van der Waals surface area contributed by atoms with E-state index in [9.17, 15) is 9.59 Å². The number of nitrogens with one attached hydrogen (secondary N) is 1. The number of amides is 1. The molecule has 0 saturated carbocycles. The number of halogens is 1. The average molecular weight is 336 g/mol. The first kappa shape index (κ1) is 17.3. The minimum absolute atomic E-state index is 0.0230. The molecule has 1 unspecified atom stereocenters. The van der Waals surface area contributed by atoms with Crippen LogP contribution in [-0.2, 0) is 15.3 Å². The quantitative estimate of drug-likeness (QED) is 0.726. The summed E-state index contributed by atoms with van der Waals surface area (Å²) in [5, 5.41) is 11.6. The number of hydrogen-bond donors (Lipinski definition) is 2. The second-order valence-electron chi connectivity index (χ2n) is 4.35. The average Bonchev–Trinajstić information content (AvgIpc) is 2.74. The molecule has 0 saturated heterocycles. The summed E-state index contributed by atoms with van der Waals surface area (Å²) in [6.07, 6.45) is 1.51. The van der Waals surface area contributed by atoms with Crippen LogP contribution in [0.15, 0.2) is 12.1 Å². The predicted octanol–water partition coefficient (Wildman–Crippen LogP) is 3.39. The van der Waals surface area contributed by atoms with Gasteiger partial charge in [-0.25, -0.2) is 0 Å². The molecule has 0 aliphatic rings. The molecule has 4 nitrogen and oxygen atoms in total. The third-order valence-electron chi connectivity index (χ3n) is 2.53. The topological polar surface area (TPSA) is 66.4 Å². The molecule has 1 aromatic heterocycles. The monoisotopic (exact) mass is 335 g/mol. The summed E-state index contributed by atoms with van der Waals surface area (Å²) < 4.78 is 0.745. The number of aliphatic carboxylic acids is 1. The molecule has 1 rings (SSSR count). The van der Waals surface area contributed by atoms with Crippen molar-refractivity contribution >= 4 is 46.6 Å². The zero-order chi connectivity index (χ0) is 15.0. The van der Waals surface area contributed by atoms with Crippen LogP contribution in [0.5, 0.6) is 0 Å². The smallest absolute Gasteiger partial charge is 0.305 e. The van der Waals surface area contributed by atoms with E-state index < -0.39 is 5.97 Å².